The zero-order valence-corrected chi connectivity index (χ0v) is 8.17. The molecule has 0 spiro atoms. The van der Waals surface area contributed by atoms with Crippen LogP contribution < -0.4 is 5.32 Å². The molecule has 2 N–H and O–H groups in total. The van der Waals surface area contributed by atoms with Crippen LogP contribution in [-0.4, -0.2) is 29.4 Å². The number of hydrogen-bond donors (Lipinski definition) is 2. The average Bonchev–Trinajstić information content (AvgIpc) is 2.10. The summed E-state index contributed by atoms with van der Waals surface area (Å²) in [6.45, 7) is 3.56. The monoisotopic (exact) mass is 187 g/mol. The molecule has 0 heterocycles. The third-order valence-corrected chi connectivity index (χ3v) is 1.71. The highest BCUT2D eigenvalue weighted by Crippen LogP contribution is 1.91. The van der Waals surface area contributed by atoms with Crippen LogP contribution in [0, 0.1) is 0 Å². The van der Waals surface area contributed by atoms with E-state index in [1.54, 1.807) is 0 Å². The summed E-state index contributed by atoms with van der Waals surface area (Å²) >= 11 is 0. The van der Waals surface area contributed by atoms with Gasteiger partial charge >= 0.3 is 0 Å². The largest absolute Gasteiger partial charge is 0.391 e. The van der Waals surface area contributed by atoms with Crippen molar-refractivity contribution in [3.8, 4) is 0 Å². The Morgan fingerprint density at radius 1 is 1.38 bits per heavy atom. The van der Waals surface area contributed by atoms with E-state index in [-0.39, 0.29) is 31.1 Å². The Labute approximate surface area is 78.3 Å². The smallest absolute Gasteiger partial charge is 0.220 e. The van der Waals surface area contributed by atoms with Gasteiger partial charge in [-0.1, -0.05) is 6.92 Å². The normalized spacial score (nSPS) is 12.2. The van der Waals surface area contributed by atoms with E-state index < -0.39 is 6.10 Å². The lowest BCUT2D eigenvalue weighted by Gasteiger charge is -2.08. The third-order valence-electron chi connectivity index (χ3n) is 1.71. The number of hydrogen-bond acceptors (Lipinski definition) is 3. The van der Waals surface area contributed by atoms with E-state index in [1.807, 2.05) is 6.92 Å². The maximum atomic E-state index is 11.0. The topological polar surface area (TPSA) is 66.4 Å². The van der Waals surface area contributed by atoms with Crippen LogP contribution in [0.5, 0.6) is 0 Å². The first-order valence-corrected chi connectivity index (χ1v) is 4.50. The highest BCUT2D eigenvalue weighted by molar-refractivity contribution is 5.83. The van der Waals surface area contributed by atoms with Crippen molar-refractivity contribution in [3.05, 3.63) is 0 Å². The van der Waals surface area contributed by atoms with Gasteiger partial charge in [-0.05, 0) is 13.3 Å². The summed E-state index contributed by atoms with van der Waals surface area (Å²) in [5.41, 5.74) is 0. The zero-order chi connectivity index (χ0) is 10.3. The Morgan fingerprint density at radius 3 is 2.46 bits per heavy atom. The van der Waals surface area contributed by atoms with Crippen LogP contribution in [0.1, 0.15) is 33.1 Å². The molecular weight excluding hydrogens is 170 g/mol. The number of aliphatic hydroxyl groups is 1. The molecule has 1 unspecified atom stereocenters. The SMILES string of the molecule is CCC(O)CNC(=O)CCC(C)=O. The van der Waals surface area contributed by atoms with Crippen molar-refractivity contribution in [3.63, 3.8) is 0 Å². The Kier molecular flexibility index (Phi) is 6.14. The van der Waals surface area contributed by atoms with E-state index in [0.717, 1.165) is 0 Å². The highest BCUT2D eigenvalue weighted by Gasteiger charge is 2.05. The molecule has 1 atom stereocenters. The van der Waals surface area contributed by atoms with Gasteiger partial charge in [-0.2, -0.15) is 0 Å². The second-order valence-corrected chi connectivity index (χ2v) is 3.07. The third kappa shape index (κ3) is 7.46. The molecule has 0 saturated carbocycles. The van der Waals surface area contributed by atoms with Crippen LogP contribution in [0.25, 0.3) is 0 Å². The summed E-state index contributed by atoms with van der Waals surface area (Å²) in [6, 6.07) is 0. The maximum Gasteiger partial charge on any atom is 0.220 e. The second kappa shape index (κ2) is 6.60. The lowest BCUT2D eigenvalue weighted by Crippen LogP contribution is -2.31. The minimum atomic E-state index is -0.485. The lowest BCUT2D eigenvalue weighted by molar-refractivity contribution is -0.124. The molecule has 0 aliphatic rings. The molecule has 4 nitrogen and oxygen atoms in total. The van der Waals surface area contributed by atoms with Crippen LogP contribution in [0.3, 0.4) is 0 Å². The molecule has 76 valence electrons. The van der Waals surface area contributed by atoms with Crippen molar-refractivity contribution < 1.29 is 14.7 Å². The van der Waals surface area contributed by atoms with Gasteiger partial charge in [0.05, 0.1) is 6.10 Å². The number of rotatable bonds is 6. The van der Waals surface area contributed by atoms with Crippen LogP contribution in [-0.2, 0) is 9.59 Å². The van der Waals surface area contributed by atoms with Gasteiger partial charge in [0, 0.05) is 19.4 Å². The van der Waals surface area contributed by atoms with Crippen LogP contribution in [0.2, 0.25) is 0 Å². The van der Waals surface area contributed by atoms with Crippen molar-refractivity contribution >= 4 is 11.7 Å². The Hall–Kier alpha value is -0.900. The molecule has 0 aromatic rings. The molecule has 13 heavy (non-hydrogen) atoms. The summed E-state index contributed by atoms with van der Waals surface area (Å²) in [6.07, 6.45) is 0.619. The first-order chi connectivity index (χ1) is 6.06. The Balaban J connectivity index is 3.46. The first-order valence-electron chi connectivity index (χ1n) is 4.50. The van der Waals surface area contributed by atoms with Gasteiger partial charge in [-0.3, -0.25) is 4.79 Å². The highest BCUT2D eigenvalue weighted by atomic mass is 16.3. The van der Waals surface area contributed by atoms with E-state index >= 15 is 0 Å². The fourth-order valence-electron chi connectivity index (χ4n) is 0.754. The number of amides is 1. The van der Waals surface area contributed by atoms with Crippen LogP contribution in [0.4, 0.5) is 0 Å². The predicted molar refractivity (Wildman–Crippen MR) is 49.2 cm³/mol. The molecule has 0 fully saturated rings. The molecule has 0 aliphatic carbocycles. The van der Waals surface area contributed by atoms with Crippen LogP contribution >= 0.6 is 0 Å². The van der Waals surface area contributed by atoms with Crippen molar-refractivity contribution in [2.24, 2.45) is 0 Å². The Bertz CT molecular complexity index is 180. The fourth-order valence-corrected chi connectivity index (χ4v) is 0.754. The lowest BCUT2D eigenvalue weighted by atomic mass is 10.2. The average molecular weight is 187 g/mol. The van der Waals surface area contributed by atoms with Crippen LogP contribution in [0.15, 0.2) is 0 Å². The van der Waals surface area contributed by atoms with Gasteiger partial charge in [0.25, 0.3) is 0 Å². The minimum Gasteiger partial charge on any atom is -0.391 e. The summed E-state index contributed by atoms with van der Waals surface area (Å²) < 4.78 is 0. The molecular formula is C9H17NO3. The number of aliphatic hydroxyl groups excluding tert-OH is 1. The van der Waals surface area contributed by atoms with E-state index in [4.69, 9.17) is 5.11 Å². The summed E-state index contributed by atoms with van der Waals surface area (Å²) in [7, 11) is 0. The van der Waals surface area contributed by atoms with E-state index in [9.17, 15) is 9.59 Å². The van der Waals surface area contributed by atoms with Gasteiger partial charge in [-0.25, -0.2) is 0 Å². The van der Waals surface area contributed by atoms with Gasteiger partial charge in [0.2, 0.25) is 5.91 Å². The molecule has 0 radical (unpaired) electrons. The predicted octanol–water partition coefficient (Wildman–Crippen LogP) is 0.243. The number of nitrogens with one attached hydrogen (secondary N) is 1. The van der Waals surface area contributed by atoms with Crippen molar-refractivity contribution in [2.45, 2.75) is 39.2 Å². The van der Waals surface area contributed by atoms with Gasteiger partial charge in [0.15, 0.2) is 0 Å². The number of carbonyl (C=O) groups is 2. The number of Topliss-reactive ketones (excluding diaryl/α,β-unsaturated/α-hetero) is 1. The molecule has 0 aromatic carbocycles. The summed E-state index contributed by atoms with van der Waals surface area (Å²) in [5, 5.41) is 11.7. The molecule has 0 bridgehead atoms. The molecule has 0 saturated heterocycles. The minimum absolute atomic E-state index is 0.00573. The quantitative estimate of drug-likeness (QED) is 0.626. The Morgan fingerprint density at radius 2 is 2.00 bits per heavy atom. The van der Waals surface area contributed by atoms with Gasteiger partial charge in [-0.15, -0.1) is 0 Å². The molecule has 1 amide bonds. The number of ketones is 1. The first kappa shape index (κ1) is 12.1. The van der Waals surface area contributed by atoms with Crippen molar-refractivity contribution in [1.82, 2.24) is 5.32 Å². The molecule has 0 rings (SSSR count). The van der Waals surface area contributed by atoms with Gasteiger partial charge in [0.1, 0.15) is 5.78 Å². The van der Waals surface area contributed by atoms with Crippen molar-refractivity contribution in [1.29, 1.82) is 0 Å². The van der Waals surface area contributed by atoms with E-state index in [0.29, 0.717) is 6.42 Å². The van der Waals surface area contributed by atoms with E-state index in [2.05, 4.69) is 5.32 Å². The van der Waals surface area contributed by atoms with Crippen molar-refractivity contribution in [2.75, 3.05) is 6.54 Å². The fraction of sp³-hybridized carbons (Fsp3) is 0.778. The van der Waals surface area contributed by atoms with Gasteiger partial charge < -0.3 is 15.2 Å². The summed E-state index contributed by atoms with van der Waals surface area (Å²) in [5.74, 6) is -0.172. The maximum absolute atomic E-state index is 11.0. The van der Waals surface area contributed by atoms with E-state index in [1.165, 1.54) is 6.92 Å². The number of carbonyl (C=O) groups excluding carboxylic acids is 2. The standard InChI is InChI=1S/C9H17NO3/c1-3-8(12)6-10-9(13)5-4-7(2)11/h8,12H,3-6H2,1-2H3,(H,10,13). The molecule has 0 aliphatic heterocycles. The zero-order valence-electron chi connectivity index (χ0n) is 8.17. The molecule has 4 heteroatoms. The summed E-state index contributed by atoms with van der Waals surface area (Å²) in [4.78, 5) is 21.5. The second-order valence-electron chi connectivity index (χ2n) is 3.07. The molecule has 0 aromatic heterocycles.